The van der Waals surface area contributed by atoms with E-state index in [4.69, 9.17) is 0 Å². The van der Waals surface area contributed by atoms with Crippen molar-refractivity contribution < 1.29 is 0 Å². The molecule has 4 heteroatoms. The van der Waals surface area contributed by atoms with Crippen LogP contribution in [0.4, 0.5) is 0 Å². The maximum Gasteiger partial charge on any atom is 0.102 e. The summed E-state index contributed by atoms with van der Waals surface area (Å²) >= 11 is 2.58. The Labute approximate surface area is 32.2 Å². The quantitative estimate of drug-likeness (QED) is 0.287. The molecule has 0 spiro atoms. The van der Waals surface area contributed by atoms with Gasteiger partial charge in [-0.05, 0) is 0 Å². The first-order chi connectivity index (χ1) is 1.91. The van der Waals surface area contributed by atoms with E-state index in [9.17, 15) is 0 Å². The predicted molar refractivity (Wildman–Crippen MR) is 18.0 cm³/mol. The standard InChI is InChI=1S/BrH2N3/c1-3-4-2/h(H2,2,3). The van der Waals surface area contributed by atoms with Crippen molar-refractivity contribution in [3.8, 4) is 0 Å². The van der Waals surface area contributed by atoms with Gasteiger partial charge < -0.3 is 5.84 Å². The highest BCUT2D eigenvalue weighted by molar-refractivity contribution is 9.08. The van der Waals surface area contributed by atoms with E-state index >= 15 is 0 Å². The number of nitrogens with two attached hydrogens (primary N) is 1. The van der Waals surface area contributed by atoms with Gasteiger partial charge in [-0.25, -0.2) is 0 Å². The zero-order chi connectivity index (χ0) is 3.41. The van der Waals surface area contributed by atoms with E-state index in [1.54, 1.807) is 0 Å². The molecular formula is H2BrN3. The highest BCUT2D eigenvalue weighted by Gasteiger charge is 1.34. The summed E-state index contributed by atoms with van der Waals surface area (Å²) in [6.45, 7) is 0. The molecule has 0 radical (unpaired) electrons. The molecule has 0 aromatic heterocycles. The zero-order valence-corrected chi connectivity index (χ0v) is 3.44. The van der Waals surface area contributed by atoms with Crippen molar-refractivity contribution >= 4 is 16.1 Å². The van der Waals surface area contributed by atoms with Crippen molar-refractivity contribution in [1.29, 1.82) is 0 Å². The van der Waals surface area contributed by atoms with Crippen LogP contribution in [0, 0.1) is 0 Å². The molecule has 4 heavy (non-hydrogen) atoms. The highest BCUT2D eigenvalue weighted by Crippen LogP contribution is 1.73. The molecule has 0 aliphatic heterocycles. The fourth-order valence-electron chi connectivity index (χ4n) is 0. The maximum atomic E-state index is 4.44. The second-order valence-corrected chi connectivity index (χ2v) is 0.508. The van der Waals surface area contributed by atoms with Gasteiger partial charge in [-0.2, -0.15) is 0 Å². The third-order valence-electron chi connectivity index (χ3n) is 0.0436. The Kier molecular flexibility index (Phi) is 2.79. The van der Waals surface area contributed by atoms with Crippen LogP contribution in [0.1, 0.15) is 0 Å². The van der Waals surface area contributed by atoms with Crippen LogP contribution in [0.2, 0.25) is 0 Å². The predicted octanol–water partition coefficient (Wildman–Crippen LogP) is 0.622. The minimum atomic E-state index is 2.58. The number of hydrogen-bond donors (Lipinski definition) is 1. The first-order valence-electron chi connectivity index (χ1n) is 0.627. The monoisotopic (exact) mass is 123 g/mol. The van der Waals surface area contributed by atoms with E-state index < -0.39 is 0 Å². The van der Waals surface area contributed by atoms with Gasteiger partial charge in [0.25, 0.3) is 0 Å². The third-order valence-corrected chi connectivity index (χ3v) is 0.227. The smallest absolute Gasteiger partial charge is 0.102 e. The average molecular weight is 124 g/mol. The van der Waals surface area contributed by atoms with E-state index in [2.05, 4.69) is 31.4 Å². The van der Waals surface area contributed by atoms with Crippen LogP contribution in [0.25, 0.3) is 0 Å². The Morgan fingerprint density at radius 1 is 1.75 bits per heavy atom. The fourth-order valence-corrected chi connectivity index (χ4v) is 0. The molecule has 0 rings (SSSR count). The Bertz CT molecular complexity index is 18.5. The molecule has 24 valence electrons. The number of hydrogen-bond acceptors (Lipinski definition) is 2. The topological polar surface area (TPSA) is 50.7 Å². The highest BCUT2D eigenvalue weighted by atomic mass is 79.9. The Morgan fingerprint density at radius 3 is 2.00 bits per heavy atom. The molecule has 2 N–H and O–H groups in total. The molecule has 0 fully saturated rings. The molecule has 0 saturated carbocycles. The molecule has 0 bridgehead atoms. The molecule has 0 aromatic carbocycles. The van der Waals surface area contributed by atoms with Crippen LogP contribution in [0.3, 0.4) is 0 Å². The normalized spacial score (nSPS) is 9.25. The van der Waals surface area contributed by atoms with E-state index in [-0.39, 0.29) is 0 Å². The SMILES string of the molecule is NN=NBr. The van der Waals surface area contributed by atoms with Crippen LogP contribution >= 0.6 is 16.1 Å². The Morgan fingerprint density at radius 2 is 2.00 bits per heavy atom. The molecule has 0 heterocycles. The molecule has 3 nitrogen and oxygen atoms in total. The van der Waals surface area contributed by atoms with E-state index in [1.165, 1.54) is 0 Å². The summed E-state index contributed by atoms with van der Waals surface area (Å²) in [4.78, 5) is 0. The van der Waals surface area contributed by atoms with Crippen LogP contribution in [0.15, 0.2) is 9.36 Å². The fraction of sp³-hybridized carbons (Fsp3) is 0. The molecule has 0 atom stereocenters. The number of rotatable bonds is 0. The Balaban J connectivity index is 2.55. The summed E-state index contributed by atoms with van der Waals surface area (Å²) in [5.74, 6) is 4.44. The van der Waals surface area contributed by atoms with Crippen LogP contribution in [-0.4, -0.2) is 0 Å². The lowest BCUT2D eigenvalue weighted by atomic mass is 12.8. The third kappa shape index (κ3) is 1.88. The largest absolute Gasteiger partial charge is 0.304 e. The molecular weight excluding hydrogens is 122 g/mol. The van der Waals surface area contributed by atoms with Crippen molar-refractivity contribution in [2.24, 2.45) is 15.2 Å². The van der Waals surface area contributed by atoms with Crippen molar-refractivity contribution in [2.45, 2.75) is 0 Å². The second kappa shape index (κ2) is 2.88. The van der Waals surface area contributed by atoms with Gasteiger partial charge in [0.1, 0.15) is 16.1 Å². The van der Waals surface area contributed by atoms with Gasteiger partial charge in [0.05, 0.1) is 0 Å². The van der Waals surface area contributed by atoms with Crippen LogP contribution in [-0.2, 0) is 0 Å². The van der Waals surface area contributed by atoms with Gasteiger partial charge in [-0.1, -0.05) is 9.36 Å². The summed E-state index contributed by atoms with van der Waals surface area (Å²) in [7, 11) is 0. The summed E-state index contributed by atoms with van der Waals surface area (Å²) in [5, 5.41) is 2.78. The van der Waals surface area contributed by atoms with Gasteiger partial charge in [0.2, 0.25) is 0 Å². The lowest BCUT2D eigenvalue weighted by Gasteiger charge is -1.51. The van der Waals surface area contributed by atoms with Crippen molar-refractivity contribution in [3.63, 3.8) is 0 Å². The summed E-state index contributed by atoms with van der Waals surface area (Å²) in [5.41, 5.74) is 0. The lowest BCUT2D eigenvalue weighted by molar-refractivity contribution is 1.12. The molecule has 0 amide bonds. The van der Waals surface area contributed by atoms with E-state index in [1.807, 2.05) is 0 Å². The lowest BCUT2D eigenvalue weighted by Crippen LogP contribution is -1.68. The minimum Gasteiger partial charge on any atom is -0.304 e. The summed E-state index contributed by atoms with van der Waals surface area (Å²) in [6.07, 6.45) is 0. The molecule has 0 aromatic rings. The minimum absolute atomic E-state index is 2.58. The molecule has 0 aliphatic rings. The summed E-state index contributed by atoms with van der Waals surface area (Å²) in [6, 6.07) is 0. The first kappa shape index (κ1) is 3.88. The summed E-state index contributed by atoms with van der Waals surface area (Å²) < 4.78 is 2.95. The van der Waals surface area contributed by atoms with Gasteiger partial charge in [-0.3, -0.25) is 0 Å². The van der Waals surface area contributed by atoms with Crippen molar-refractivity contribution in [2.75, 3.05) is 0 Å². The van der Waals surface area contributed by atoms with E-state index in [0.29, 0.717) is 0 Å². The Hall–Kier alpha value is -0.120. The zero-order valence-electron chi connectivity index (χ0n) is 1.85. The average Bonchev–Trinajstić information content (AvgIpc) is 1.37. The maximum absolute atomic E-state index is 4.44. The molecule has 0 aliphatic carbocycles. The van der Waals surface area contributed by atoms with Crippen molar-refractivity contribution in [1.82, 2.24) is 0 Å². The number of nitrogens with zero attached hydrogens (tertiary/aromatic N) is 2. The van der Waals surface area contributed by atoms with Crippen LogP contribution < -0.4 is 5.84 Å². The van der Waals surface area contributed by atoms with E-state index in [0.717, 1.165) is 0 Å². The second-order valence-electron chi connectivity index (χ2n) is 0.191. The first-order valence-corrected chi connectivity index (χ1v) is 1.34. The molecule has 0 saturated heterocycles. The number of halogens is 1. The van der Waals surface area contributed by atoms with Crippen molar-refractivity contribution in [3.05, 3.63) is 0 Å². The van der Waals surface area contributed by atoms with Gasteiger partial charge in [0.15, 0.2) is 0 Å². The van der Waals surface area contributed by atoms with Gasteiger partial charge in [0, 0.05) is 0 Å². The van der Waals surface area contributed by atoms with Gasteiger partial charge >= 0.3 is 0 Å². The van der Waals surface area contributed by atoms with Crippen LogP contribution in [0.5, 0.6) is 0 Å². The molecule has 0 unspecified atom stereocenters. The van der Waals surface area contributed by atoms with Gasteiger partial charge in [-0.15, -0.1) is 0 Å².